The number of carbonyl (C=O) groups excluding carboxylic acids is 1. The largest absolute Gasteiger partial charge is 0.416 e. The van der Waals surface area contributed by atoms with E-state index in [-0.39, 0.29) is 11.4 Å². The number of likely N-dealkylation sites (tertiary alicyclic amines) is 1. The van der Waals surface area contributed by atoms with Gasteiger partial charge in [0.05, 0.1) is 5.56 Å². The van der Waals surface area contributed by atoms with Crippen LogP contribution < -0.4 is 10.6 Å². The minimum atomic E-state index is -4.36. The molecule has 2 fully saturated rings. The highest BCUT2D eigenvalue weighted by atomic mass is 19.4. The third-order valence-corrected chi connectivity index (χ3v) is 4.52. The standard InChI is InChI=1S/C15H18F3N3O/c16-15(17,18)11-1-3-12(4-2-11)20-13(22)21-8-6-14(10-21)5-7-19-9-14/h1-4,19H,5-10H2,(H,20,22). The van der Waals surface area contributed by atoms with Gasteiger partial charge >= 0.3 is 12.2 Å². The lowest BCUT2D eigenvalue weighted by Gasteiger charge is -2.23. The van der Waals surface area contributed by atoms with Crippen molar-refractivity contribution in [1.82, 2.24) is 10.2 Å². The molecule has 1 aromatic carbocycles. The second kappa shape index (κ2) is 5.46. The molecule has 0 aliphatic carbocycles. The highest BCUT2D eigenvalue weighted by Crippen LogP contribution is 2.36. The smallest absolute Gasteiger partial charge is 0.324 e. The van der Waals surface area contributed by atoms with Crippen molar-refractivity contribution in [3.05, 3.63) is 29.8 Å². The van der Waals surface area contributed by atoms with Gasteiger partial charge in [0.15, 0.2) is 0 Å². The van der Waals surface area contributed by atoms with Crippen molar-refractivity contribution in [3.8, 4) is 0 Å². The van der Waals surface area contributed by atoms with Gasteiger partial charge < -0.3 is 15.5 Å². The van der Waals surface area contributed by atoms with Crippen LogP contribution in [-0.4, -0.2) is 37.1 Å². The van der Waals surface area contributed by atoms with E-state index in [1.54, 1.807) is 4.90 Å². The van der Waals surface area contributed by atoms with Gasteiger partial charge in [-0.2, -0.15) is 13.2 Å². The number of carbonyl (C=O) groups is 1. The van der Waals surface area contributed by atoms with Crippen molar-refractivity contribution in [3.63, 3.8) is 0 Å². The molecule has 1 spiro atoms. The first-order chi connectivity index (χ1) is 10.4. The van der Waals surface area contributed by atoms with Gasteiger partial charge in [-0.15, -0.1) is 0 Å². The first kappa shape index (κ1) is 15.1. The van der Waals surface area contributed by atoms with Crippen LogP contribution >= 0.6 is 0 Å². The fraction of sp³-hybridized carbons (Fsp3) is 0.533. The number of halogens is 3. The van der Waals surface area contributed by atoms with Crippen LogP contribution in [0.5, 0.6) is 0 Å². The number of nitrogens with zero attached hydrogens (tertiary/aromatic N) is 1. The molecule has 4 nitrogen and oxygen atoms in total. The maximum Gasteiger partial charge on any atom is 0.416 e. The van der Waals surface area contributed by atoms with Gasteiger partial charge in [-0.1, -0.05) is 0 Å². The minimum Gasteiger partial charge on any atom is -0.324 e. The molecule has 2 amide bonds. The highest BCUT2D eigenvalue weighted by molar-refractivity contribution is 5.89. The molecule has 1 unspecified atom stereocenters. The van der Waals surface area contributed by atoms with Gasteiger partial charge in [0.2, 0.25) is 0 Å². The van der Waals surface area contributed by atoms with Crippen molar-refractivity contribution >= 4 is 11.7 Å². The van der Waals surface area contributed by atoms with Gasteiger partial charge in [0.25, 0.3) is 0 Å². The summed E-state index contributed by atoms with van der Waals surface area (Å²) in [4.78, 5) is 13.9. The van der Waals surface area contributed by atoms with Crippen LogP contribution in [-0.2, 0) is 6.18 Å². The second-order valence-corrected chi connectivity index (χ2v) is 6.10. The summed E-state index contributed by atoms with van der Waals surface area (Å²) in [6.07, 6.45) is -2.32. The van der Waals surface area contributed by atoms with E-state index in [0.29, 0.717) is 18.8 Å². The highest BCUT2D eigenvalue weighted by Gasteiger charge is 2.41. The molecule has 22 heavy (non-hydrogen) atoms. The molecule has 0 bridgehead atoms. The Hall–Kier alpha value is -1.76. The Morgan fingerprint density at radius 3 is 2.55 bits per heavy atom. The van der Waals surface area contributed by atoms with Gasteiger partial charge in [-0.3, -0.25) is 0 Å². The molecule has 7 heteroatoms. The number of benzene rings is 1. The molecule has 1 aromatic rings. The SMILES string of the molecule is O=C(Nc1ccc(C(F)(F)F)cc1)N1CCC2(CCNC2)C1. The number of anilines is 1. The zero-order chi connectivity index (χ0) is 15.8. The molecule has 3 rings (SSSR count). The molecule has 2 aliphatic rings. The minimum absolute atomic E-state index is 0.178. The molecule has 0 aromatic heterocycles. The van der Waals surface area contributed by atoms with E-state index in [1.165, 1.54) is 12.1 Å². The van der Waals surface area contributed by atoms with E-state index in [1.807, 2.05) is 0 Å². The summed E-state index contributed by atoms with van der Waals surface area (Å²) >= 11 is 0. The average Bonchev–Trinajstić information content (AvgIpc) is 3.09. The van der Waals surface area contributed by atoms with Crippen molar-refractivity contribution in [2.45, 2.75) is 19.0 Å². The van der Waals surface area contributed by atoms with E-state index < -0.39 is 11.7 Å². The third kappa shape index (κ3) is 3.04. The predicted molar refractivity (Wildman–Crippen MR) is 76.6 cm³/mol. The fourth-order valence-corrected chi connectivity index (χ4v) is 3.20. The lowest BCUT2D eigenvalue weighted by molar-refractivity contribution is -0.137. The first-order valence-corrected chi connectivity index (χ1v) is 7.32. The number of hydrogen-bond acceptors (Lipinski definition) is 2. The summed E-state index contributed by atoms with van der Waals surface area (Å²) in [6.45, 7) is 3.30. The van der Waals surface area contributed by atoms with Crippen LogP contribution in [0.4, 0.5) is 23.7 Å². The lowest BCUT2D eigenvalue weighted by atomic mass is 9.87. The topological polar surface area (TPSA) is 44.4 Å². The number of nitrogens with one attached hydrogen (secondary N) is 2. The first-order valence-electron chi connectivity index (χ1n) is 7.32. The van der Waals surface area contributed by atoms with E-state index >= 15 is 0 Å². The Bertz CT molecular complexity index is 550. The molecule has 0 radical (unpaired) electrons. The van der Waals surface area contributed by atoms with Crippen molar-refractivity contribution in [2.75, 3.05) is 31.5 Å². The van der Waals surface area contributed by atoms with E-state index in [0.717, 1.165) is 38.1 Å². The van der Waals surface area contributed by atoms with Crippen LogP contribution in [0.3, 0.4) is 0 Å². The van der Waals surface area contributed by atoms with Crippen molar-refractivity contribution in [1.29, 1.82) is 0 Å². The summed E-state index contributed by atoms with van der Waals surface area (Å²) < 4.78 is 37.5. The zero-order valence-electron chi connectivity index (χ0n) is 12.0. The molecular weight excluding hydrogens is 295 g/mol. The van der Waals surface area contributed by atoms with Crippen molar-refractivity contribution in [2.24, 2.45) is 5.41 Å². The summed E-state index contributed by atoms with van der Waals surface area (Å²) in [5, 5.41) is 5.99. The Morgan fingerprint density at radius 1 is 1.23 bits per heavy atom. The molecule has 2 N–H and O–H groups in total. The monoisotopic (exact) mass is 313 g/mol. The normalized spacial score (nSPS) is 25.0. The quantitative estimate of drug-likeness (QED) is 0.837. The average molecular weight is 313 g/mol. The molecule has 0 saturated carbocycles. The Morgan fingerprint density at radius 2 is 1.95 bits per heavy atom. The predicted octanol–water partition coefficient (Wildman–Crippen LogP) is 2.92. The molecule has 2 heterocycles. The lowest BCUT2D eigenvalue weighted by Crippen LogP contribution is -2.36. The van der Waals surface area contributed by atoms with Crippen LogP contribution in [0.2, 0.25) is 0 Å². The number of rotatable bonds is 1. The van der Waals surface area contributed by atoms with Gasteiger partial charge in [-0.25, -0.2) is 4.79 Å². The third-order valence-electron chi connectivity index (χ3n) is 4.52. The number of alkyl halides is 3. The van der Waals surface area contributed by atoms with E-state index in [2.05, 4.69) is 10.6 Å². The van der Waals surface area contributed by atoms with Gasteiger partial charge in [0, 0.05) is 30.7 Å². The number of urea groups is 1. The Balaban J connectivity index is 1.60. The van der Waals surface area contributed by atoms with Gasteiger partial charge in [-0.05, 0) is 43.7 Å². The summed E-state index contributed by atoms with van der Waals surface area (Å²) in [6, 6.07) is 4.26. The second-order valence-electron chi connectivity index (χ2n) is 6.10. The number of hydrogen-bond donors (Lipinski definition) is 2. The molecule has 1 atom stereocenters. The molecule has 2 saturated heterocycles. The number of amides is 2. The maximum atomic E-state index is 12.5. The Labute approximate surface area is 126 Å². The summed E-state index contributed by atoms with van der Waals surface area (Å²) in [5.41, 5.74) is -0.163. The molecule has 120 valence electrons. The van der Waals surface area contributed by atoms with Gasteiger partial charge in [0.1, 0.15) is 0 Å². The molecule has 2 aliphatic heterocycles. The zero-order valence-corrected chi connectivity index (χ0v) is 12.0. The van der Waals surface area contributed by atoms with Crippen molar-refractivity contribution < 1.29 is 18.0 Å². The van der Waals surface area contributed by atoms with Crippen LogP contribution in [0.15, 0.2) is 24.3 Å². The Kier molecular flexibility index (Phi) is 3.76. The maximum absolute atomic E-state index is 12.5. The fourth-order valence-electron chi connectivity index (χ4n) is 3.20. The molecular formula is C15H18F3N3O. The van der Waals surface area contributed by atoms with Crippen LogP contribution in [0, 0.1) is 5.41 Å². The van der Waals surface area contributed by atoms with E-state index in [4.69, 9.17) is 0 Å². The summed E-state index contributed by atoms with van der Waals surface area (Å²) in [5.74, 6) is 0. The van der Waals surface area contributed by atoms with E-state index in [9.17, 15) is 18.0 Å². The summed E-state index contributed by atoms with van der Waals surface area (Å²) in [7, 11) is 0. The van der Waals surface area contributed by atoms with Crippen LogP contribution in [0.25, 0.3) is 0 Å². The van der Waals surface area contributed by atoms with Crippen LogP contribution in [0.1, 0.15) is 18.4 Å².